The molecule has 2 aromatic carbocycles. The van der Waals surface area contributed by atoms with Crippen molar-refractivity contribution in [2.75, 3.05) is 0 Å². The molecule has 2 aromatic rings. The Labute approximate surface area is 103 Å². The van der Waals surface area contributed by atoms with Crippen LogP contribution < -0.4 is 0 Å². The SMILES string of the molecule is [N-]=[N+]=Nc1ccc(-c2cccc(N=[N+]=[N-])c2)cc1. The van der Waals surface area contributed by atoms with Crippen molar-refractivity contribution >= 4 is 11.4 Å². The molecule has 6 nitrogen and oxygen atoms in total. The Morgan fingerprint density at radius 2 is 1.39 bits per heavy atom. The van der Waals surface area contributed by atoms with Crippen molar-refractivity contribution in [2.24, 2.45) is 10.2 Å². The Hall–Kier alpha value is -2.94. The molecule has 6 heteroatoms. The molecular weight excluding hydrogens is 228 g/mol. The average Bonchev–Trinajstić information content (AvgIpc) is 2.41. The first-order valence-corrected chi connectivity index (χ1v) is 5.14. The number of hydrogen-bond acceptors (Lipinski definition) is 2. The minimum atomic E-state index is 0.562. The summed E-state index contributed by atoms with van der Waals surface area (Å²) in [4.78, 5) is 5.47. The van der Waals surface area contributed by atoms with E-state index in [4.69, 9.17) is 11.1 Å². The third kappa shape index (κ3) is 2.59. The lowest BCUT2D eigenvalue weighted by Gasteiger charge is -2.02. The van der Waals surface area contributed by atoms with Gasteiger partial charge < -0.3 is 0 Å². The largest absolute Gasteiger partial charge is 0.0612 e. The van der Waals surface area contributed by atoms with Gasteiger partial charge in [0.1, 0.15) is 0 Å². The number of nitrogens with zero attached hydrogens (tertiary/aromatic N) is 6. The molecule has 0 unspecified atom stereocenters. The zero-order valence-corrected chi connectivity index (χ0v) is 9.30. The van der Waals surface area contributed by atoms with E-state index in [2.05, 4.69) is 20.1 Å². The van der Waals surface area contributed by atoms with Crippen molar-refractivity contribution in [3.63, 3.8) is 0 Å². The summed E-state index contributed by atoms with van der Waals surface area (Å²) in [5.41, 5.74) is 19.7. The lowest BCUT2D eigenvalue weighted by atomic mass is 10.1. The summed E-state index contributed by atoms with van der Waals surface area (Å²) in [5, 5.41) is 7.06. The highest BCUT2D eigenvalue weighted by Crippen LogP contribution is 2.26. The molecule has 0 aliphatic heterocycles. The van der Waals surface area contributed by atoms with Crippen LogP contribution >= 0.6 is 0 Å². The maximum atomic E-state index is 8.39. The van der Waals surface area contributed by atoms with E-state index in [-0.39, 0.29) is 0 Å². The highest BCUT2D eigenvalue weighted by molar-refractivity contribution is 5.68. The summed E-state index contributed by atoms with van der Waals surface area (Å²) in [5.74, 6) is 0. The zero-order chi connectivity index (χ0) is 12.8. The molecule has 0 atom stereocenters. The van der Waals surface area contributed by atoms with E-state index in [1.807, 2.05) is 24.3 Å². The maximum absolute atomic E-state index is 8.39. The van der Waals surface area contributed by atoms with Gasteiger partial charge in [0, 0.05) is 21.2 Å². The van der Waals surface area contributed by atoms with Crippen LogP contribution in [0.3, 0.4) is 0 Å². The van der Waals surface area contributed by atoms with Crippen LogP contribution in [0.5, 0.6) is 0 Å². The van der Waals surface area contributed by atoms with Gasteiger partial charge in [-0.15, -0.1) is 0 Å². The Bertz CT molecular complexity index is 649. The molecule has 0 saturated heterocycles. The highest BCUT2D eigenvalue weighted by atomic mass is 15.1. The fraction of sp³-hybridized carbons (Fsp3) is 0. The van der Waals surface area contributed by atoms with Gasteiger partial charge >= 0.3 is 0 Å². The van der Waals surface area contributed by atoms with Gasteiger partial charge in [-0.05, 0) is 28.3 Å². The number of rotatable bonds is 3. The van der Waals surface area contributed by atoms with Crippen LogP contribution in [0.25, 0.3) is 32.0 Å². The van der Waals surface area contributed by atoms with Crippen molar-refractivity contribution in [1.29, 1.82) is 0 Å². The third-order valence-corrected chi connectivity index (χ3v) is 2.37. The molecule has 18 heavy (non-hydrogen) atoms. The molecule has 86 valence electrons. The molecule has 0 aromatic heterocycles. The van der Waals surface area contributed by atoms with Gasteiger partial charge in [-0.3, -0.25) is 0 Å². The van der Waals surface area contributed by atoms with Crippen molar-refractivity contribution in [3.05, 3.63) is 69.4 Å². The van der Waals surface area contributed by atoms with Crippen LogP contribution in [0.4, 0.5) is 11.4 Å². The summed E-state index contributed by atoms with van der Waals surface area (Å²) >= 11 is 0. The van der Waals surface area contributed by atoms with Crippen LogP contribution in [0.1, 0.15) is 0 Å². The van der Waals surface area contributed by atoms with E-state index in [9.17, 15) is 0 Å². The molecule has 0 fully saturated rings. The summed E-state index contributed by atoms with van der Waals surface area (Å²) in [6.07, 6.45) is 0. The molecule has 0 heterocycles. The fourth-order valence-corrected chi connectivity index (χ4v) is 1.57. The molecule has 0 radical (unpaired) electrons. The number of azide groups is 2. The van der Waals surface area contributed by atoms with Gasteiger partial charge in [0.05, 0.1) is 0 Å². The van der Waals surface area contributed by atoms with Crippen LogP contribution in [0.15, 0.2) is 58.8 Å². The van der Waals surface area contributed by atoms with Crippen molar-refractivity contribution in [3.8, 4) is 11.1 Å². The van der Waals surface area contributed by atoms with E-state index >= 15 is 0 Å². The summed E-state index contributed by atoms with van der Waals surface area (Å²) < 4.78 is 0. The molecule has 0 aliphatic carbocycles. The first kappa shape index (κ1) is 11.5. The topological polar surface area (TPSA) is 97.5 Å². The maximum Gasteiger partial charge on any atom is 0.0381 e. The number of benzene rings is 2. The van der Waals surface area contributed by atoms with Gasteiger partial charge in [-0.25, -0.2) is 0 Å². The van der Waals surface area contributed by atoms with Crippen LogP contribution in [0.2, 0.25) is 0 Å². The van der Waals surface area contributed by atoms with Gasteiger partial charge in [-0.1, -0.05) is 52.7 Å². The average molecular weight is 236 g/mol. The van der Waals surface area contributed by atoms with E-state index in [1.54, 1.807) is 24.3 Å². The second-order valence-corrected chi connectivity index (χ2v) is 3.48. The lowest BCUT2D eigenvalue weighted by molar-refractivity contribution is 1.46. The second-order valence-electron chi connectivity index (χ2n) is 3.48. The van der Waals surface area contributed by atoms with Gasteiger partial charge in [0.15, 0.2) is 0 Å². The van der Waals surface area contributed by atoms with Crippen LogP contribution in [-0.4, -0.2) is 0 Å². The predicted molar refractivity (Wildman–Crippen MR) is 69.5 cm³/mol. The second kappa shape index (κ2) is 5.41. The third-order valence-electron chi connectivity index (χ3n) is 2.37. The van der Waals surface area contributed by atoms with Crippen molar-refractivity contribution in [1.82, 2.24) is 0 Å². The van der Waals surface area contributed by atoms with Crippen molar-refractivity contribution < 1.29 is 0 Å². The van der Waals surface area contributed by atoms with Gasteiger partial charge in [0.25, 0.3) is 0 Å². The Kier molecular flexibility index (Phi) is 3.47. The minimum absolute atomic E-state index is 0.562. The van der Waals surface area contributed by atoms with E-state index in [0.29, 0.717) is 11.4 Å². The highest BCUT2D eigenvalue weighted by Gasteiger charge is 1.98. The summed E-state index contributed by atoms with van der Waals surface area (Å²) in [7, 11) is 0. The summed E-state index contributed by atoms with van der Waals surface area (Å²) in [6.45, 7) is 0. The minimum Gasteiger partial charge on any atom is -0.0612 e. The van der Waals surface area contributed by atoms with Crippen LogP contribution in [-0.2, 0) is 0 Å². The molecule has 0 aliphatic rings. The normalized spacial score (nSPS) is 9.11. The van der Waals surface area contributed by atoms with E-state index in [1.165, 1.54) is 0 Å². The van der Waals surface area contributed by atoms with Gasteiger partial charge in [-0.2, -0.15) is 0 Å². The van der Waals surface area contributed by atoms with Crippen molar-refractivity contribution in [2.45, 2.75) is 0 Å². The predicted octanol–water partition coefficient (Wildman–Crippen LogP) is 5.24. The molecule has 0 spiro atoms. The standard InChI is InChI=1S/C12H8N6/c13-17-15-11-6-4-9(5-7-11)10-2-1-3-12(8-10)16-18-14/h1-8H. The Morgan fingerprint density at radius 1 is 0.722 bits per heavy atom. The lowest BCUT2D eigenvalue weighted by Crippen LogP contribution is -1.76. The molecule has 0 saturated carbocycles. The zero-order valence-electron chi connectivity index (χ0n) is 9.30. The fourth-order valence-electron chi connectivity index (χ4n) is 1.57. The first-order valence-electron chi connectivity index (χ1n) is 5.14. The monoisotopic (exact) mass is 236 g/mol. The van der Waals surface area contributed by atoms with E-state index in [0.717, 1.165) is 11.1 Å². The Balaban J connectivity index is 2.38. The molecule has 0 bridgehead atoms. The number of hydrogen-bond donors (Lipinski definition) is 0. The Morgan fingerprint density at radius 3 is 2.06 bits per heavy atom. The molecule has 0 amide bonds. The first-order chi connectivity index (χ1) is 8.83. The molecular formula is C12H8N6. The molecule has 2 rings (SSSR count). The quantitative estimate of drug-likeness (QED) is 0.395. The molecule has 0 N–H and O–H groups in total. The van der Waals surface area contributed by atoms with E-state index < -0.39 is 0 Å². The smallest absolute Gasteiger partial charge is 0.0381 e. The van der Waals surface area contributed by atoms with Gasteiger partial charge in [0.2, 0.25) is 0 Å². The van der Waals surface area contributed by atoms with Crippen LogP contribution in [0, 0.1) is 0 Å². The summed E-state index contributed by atoms with van der Waals surface area (Å²) in [6, 6.07) is 14.4.